The van der Waals surface area contributed by atoms with Gasteiger partial charge in [0.05, 0.1) is 11.9 Å². The SMILES string of the molecule is CCc1ccc(/C=N/N(C)c2cc(=O)n(-c3ccc(CC)cc3)c(=O)[nH]2)cc1. The van der Waals surface area contributed by atoms with E-state index in [-0.39, 0.29) is 0 Å². The fourth-order valence-corrected chi connectivity index (χ4v) is 2.84. The summed E-state index contributed by atoms with van der Waals surface area (Å²) < 4.78 is 1.12. The van der Waals surface area contributed by atoms with Gasteiger partial charge in [0.15, 0.2) is 0 Å². The minimum absolute atomic E-state index is 0.331. The Balaban J connectivity index is 1.85. The van der Waals surface area contributed by atoms with Crippen LogP contribution >= 0.6 is 0 Å². The van der Waals surface area contributed by atoms with Crippen LogP contribution in [-0.2, 0) is 12.8 Å². The minimum atomic E-state index is -0.499. The van der Waals surface area contributed by atoms with E-state index in [0.29, 0.717) is 11.5 Å². The molecule has 0 unspecified atom stereocenters. The van der Waals surface area contributed by atoms with Gasteiger partial charge in [0, 0.05) is 13.1 Å². The lowest BCUT2D eigenvalue weighted by Gasteiger charge is -2.13. The van der Waals surface area contributed by atoms with E-state index < -0.39 is 11.2 Å². The summed E-state index contributed by atoms with van der Waals surface area (Å²) in [5.74, 6) is 0.331. The van der Waals surface area contributed by atoms with Gasteiger partial charge in [0.2, 0.25) is 0 Å². The van der Waals surface area contributed by atoms with Crippen molar-refractivity contribution >= 4 is 12.0 Å². The Morgan fingerprint density at radius 2 is 1.54 bits per heavy atom. The maximum atomic E-state index is 12.5. The van der Waals surface area contributed by atoms with Crippen molar-refractivity contribution in [2.24, 2.45) is 5.10 Å². The molecule has 0 aliphatic carbocycles. The second-order valence-corrected chi connectivity index (χ2v) is 6.52. The van der Waals surface area contributed by atoms with Crippen molar-refractivity contribution in [2.75, 3.05) is 12.1 Å². The molecular weight excluding hydrogens is 352 g/mol. The van der Waals surface area contributed by atoms with Crippen molar-refractivity contribution in [3.8, 4) is 5.69 Å². The average molecular weight is 376 g/mol. The standard InChI is InChI=1S/C22H24N4O2/c1-4-16-6-8-18(9-7-16)15-23-25(3)20-14-21(27)26(22(28)24-20)19-12-10-17(5-2)11-13-19/h6-15H,4-5H2,1-3H3,(H,24,28)/b23-15+. The third kappa shape index (κ3) is 4.28. The Labute approximate surface area is 163 Å². The van der Waals surface area contributed by atoms with Gasteiger partial charge in [0.1, 0.15) is 5.82 Å². The summed E-state index contributed by atoms with van der Waals surface area (Å²) in [6.45, 7) is 4.16. The van der Waals surface area contributed by atoms with Crippen LogP contribution in [-0.4, -0.2) is 22.8 Å². The average Bonchev–Trinajstić information content (AvgIpc) is 2.72. The molecule has 0 amide bonds. The highest BCUT2D eigenvalue weighted by Crippen LogP contribution is 2.09. The number of benzene rings is 2. The van der Waals surface area contributed by atoms with Crippen molar-refractivity contribution in [3.63, 3.8) is 0 Å². The largest absolute Gasteiger partial charge is 0.334 e. The highest BCUT2D eigenvalue weighted by Gasteiger charge is 2.09. The quantitative estimate of drug-likeness (QED) is 0.531. The molecule has 0 atom stereocenters. The van der Waals surface area contributed by atoms with Crippen LogP contribution in [0.4, 0.5) is 5.82 Å². The molecule has 0 bridgehead atoms. The molecule has 28 heavy (non-hydrogen) atoms. The zero-order valence-electron chi connectivity index (χ0n) is 16.3. The molecule has 1 aromatic heterocycles. The van der Waals surface area contributed by atoms with Crippen molar-refractivity contribution in [3.05, 3.63) is 92.1 Å². The van der Waals surface area contributed by atoms with Gasteiger partial charge in [-0.15, -0.1) is 0 Å². The fraction of sp³-hybridized carbons (Fsp3) is 0.227. The van der Waals surface area contributed by atoms with Crippen LogP contribution in [0.1, 0.15) is 30.5 Å². The van der Waals surface area contributed by atoms with E-state index in [2.05, 4.69) is 23.9 Å². The van der Waals surface area contributed by atoms with Gasteiger partial charge in [-0.25, -0.2) is 9.36 Å². The molecule has 6 heteroatoms. The van der Waals surface area contributed by atoms with E-state index in [1.54, 1.807) is 25.4 Å². The number of aromatic nitrogens is 2. The first kappa shape index (κ1) is 19.4. The van der Waals surface area contributed by atoms with E-state index >= 15 is 0 Å². The van der Waals surface area contributed by atoms with E-state index in [9.17, 15) is 9.59 Å². The smallest absolute Gasteiger partial charge is 0.292 e. The summed E-state index contributed by atoms with van der Waals surface area (Å²) in [4.78, 5) is 27.7. The highest BCUT2D eigenvalue weighted by atomic mass is 16.2. The maximum Gasteiger partial charge on any atom is 0.334 e. The van der Waals surface area contributed by atoms with E-state index in [1.807, 2.05) is 36.4 Å². The lowest BCUT2D eigenvalue weighted by atomic mass is 10.1. The molecule has 0 saturated carbocycles. The molecule has 0 fully saturated rings. The third-order valence-electron chi connectivity index (χ3n) is 4.64. The molecule has 0 spiro atoms. The lowest BCUT2D eigenvalue weighted by Crippen LogP contribution is -2.34. The second-order valence-electron chi connectivity index (χ2n) is 6.52. The minimum Gasteiger partial charge on any atom is -0.292 e. The summed E-state index contributed by atoms with van der Waals surface area (Å²) in [5, 5.41) is 5.79. The van der Waals surface area contributed by atoms with Gasteiger partial charge in [-0.3, -0.25) is 14.8 Å². The molecule has 3 rings (SSSR count). The molecule has 0 radical (unpaired) electrons. The third-order valence-corrected chi connectivity index (χ3v) is 4.64. The molecule has 0 aliphatic heterocycles. The molecule has 1 heterocycles. The zero-order valence-corrected chi connectivity index (χ0v) is 16.3. The van der Waals surface area contributed by atoms with E-state index in [0.717, 1.165) is 28.5 Å². The number of hydrazone groups is 1. The fourth-order valence-electron chi connectivity index (χ4n) is 2.84. The first-order valence-electron chi connectivity index (χ1n) is 9.34. The van der Waals surface area contributed by atoms with Gasteiger partial charge in [-0.05, 0) is 41.7 Å². The van der Waals surface area contributed by atoms with Crippen LogP contribution in [0.5, 0.6) is 0 Å². The second kappa shape index (κ2) is 8.52. The highest BCUT2D eigenvalue weighted by molar-refractivity contribution is 5.80. The van der Waals surface area contributed by atoms with Gasteiger partial charge < -0.3 is 0 Å². The van der Waals surface area contributed by atoms with Crippen LogP contribution in [0.15, 0.2) is 69.3 Å². The Bertz CT molecular complexity index is 1050. The molecule has 2 aromatic carbocycles. The van der Waals surface area contributed by atoms with Crippen molar-refractivity contribution in [1.82, 2.24) is 9.55 Å². The number of aryl methyl sites for hydroxylation is 2. The molecule has 3 aromatic rings. The normalized spacial score (nSPS) is 11.1. The Morgan fingerprint density at radius 3 is 2.07 bits per heavy atom. The number of H-pyrrole nitrogens is 1. The predicted octanol–water partition coefficient (Wildman–Crippen LogP) is 3.12. The molecule has 0 saturated heterocycles. The summed E-state index contributed by atoms with van der Waals surface area (Å²) in [5.41, 5.74) is 2.97. The number of aromatic amines is 1. The number of anilines is 1. The topological polar surface area (TPSA) is 70.5 Å². The van der Waals surface area contributed by atoms with Crippen LogP contribution in [0.3, 0.4) is 0 Å². The van der Waals surface area contributed by atoms with Gasteiger partial charge in [0.25, 0.3) is 5.56 Å². The van der Waals surface area contributed by atoms with Gasteiger partial charge in [-0.1, -0.05) is 50.2 Å². The van der Waals surface area contributed by atoms with Crippen LogP contribution in [0.2, 0.25) is 0 Å². The summed E-state index contributed by atoms with van der Waals surface area (Å²) in [7, 11) is 1.68. The van der Waals surface area contributed by atoms with Gasteiger partial charge in [-0.2, -0.15) is 5.10 Å². The lowest BCUT2D eigenvalue weighted by molar-refractivity contribution is 0.849. The summed E-state index contributed by atoms with van der Waals surface area (Å²) >= 11 is 0. The summed E-state index contributed by atoms with van der Waals surface area (Å²) in [6, 6.07) is 16.8. The zero-order chi connectivity index (χ0) is 20.1. The van der Waals surface area contributed by atoms with Crippen molar-refractivity contribution in [2.45, 2.75) is 26.7 Å². The first-order chi connectivity index (χ1) is 13.5. The van der Waals surface area contributed by atoms with E-state index in [1.165, 1.54) is 16.6 Å². The number of hydrogen-bond acceptors (Lipinski definition) is 4. The number of nitrogens with zero attached hydrogens (tertiary/aromatic N) is 3. The van der Waals surface area contributed by atoms with Crippen LogP contribution in [0, 0.1) is 0 Å². The first-order valence-corrected chi connectivity index (χ1v) is 9.34. The van der Waals surface area contributed by atoms with Gasteiger partial charge >= 0.3 is 5.69 Å². The van der Waals surface area contributed by atoms with E-state index in [4.69, 9.17) is 0 Å². The summed E-state index contributed by atoms with van der Waals surface area (Å²) in [6.07, 6.45) is 3.57. The number of nitrogens with one attached hydrogen (secondary N) is 1. The molecule has 144 valence electrons. The van der Waals surface area contributed by atoms with Crippen molar-refractivity contribution in [1.29, 1.82) is 0 Å². The maximum absolute atomic E-state index is 12.5. The monoisotopic (exact) mass is 376 g/mol. The number of hydrogen-bond donors (Lipinski definition) is 1. The molecular formula is C22H24N4O2. The number of rotatable bonds is 6. The Hall–Kier alpha value is -3.41. The predicted molar refractivity (Wildman–Crippen MR) is 114 cm³/mol. The molecule has 0 aliphatic rings. The molecule has 1 N–H and O–H groups in total. The Kier molecular flexibility index (Phi) is 5.89. The Morgan fingerprint density at radius 1 is 0.964 bits per heavy atom. The van der Waals surface area contributed by atoms with Crippen LogP contribution < -0.4 is 16.3 Å². The van der Waals surface area contributed by atoms with Crippen molar-refractivity contribution < 1.29 is 0 Å². The van der Waals surface area contributed by atoms with Crippen LogP contribution in [0.25, 0.3) is 5.69 Å². The molecule has 6 nitrogen and oxygen atoms in total.